The Morgan fingerprint density at radius 2 is 1.79 bits per heavy atom. The normalized spacial score (nSPS) is 10.4. The molecule has 2 N–H and O–H groups in total. The van der Waals surface area contributed by atoms with Crippen molar-refractivity contribution in [1.29, 1.82) is 0 Å². The van der Waals surface area contributed by atoms with E-state index < -0.39 is 0 Å². The molecule has 78 valence electrons. The minimum atomic E-state index is 1.13. The van der Waals surface area contributed by atoms with Crippen LogP contribution in [0.25, 0.3) is 0 Å². The highest BCUT2D eigenvalue weighted by molar-refractivity contribution is 5.12. The Hall–Kier alpha value is -0.820. The van der Waals surface area contributed by atoms with Gasteiger partial charge in [-0.25, -0.2) is 0 Å². The van der Waals surface area contributed by atoms with Crippen LogP contribution in [-0.2, 0) is 6.54 Å². The van der Waals surface area contributed by atoms with Gasteiger partial charge < -0.3 is 5.32 Å². The molecule has 0 aliphatic carbocycles. The molecule has 0 bridgehead atoms. The van der Waals surface area contributed by atoms with Crippen LogP contribution >= 0.6 is 0 Å². The van der Waals surface area contributed by atoms with Crippen molar-refractivity contribution < 1.29 is 5.32 Å². The lowest BCUT2D eigenvalue weighted by Crippen LogP contribution is -2.82. The summed E-state index contributed by atoms with van der Waals surface area (Å²) in [5.41, 5.74) is 1.43. The van der Waals surface area contributed by atoms with E-state index in [2.05, 4.69) is 42.6 Å². The van der Waals surface area contributed by atoms with Crippen molar-refractivity contribution in [2.24, 2.45) is 0 Å². The monoisotopic (exact) mass is 192 g/mol. The van der Waals surface area contributed by atoms with Crippen LogP contribution in [0, 0.1) is 0 Å². The summed E-state index contributed by atoms with van der Waals surface area (Å²) in [5, 5.41) is 2.41. The Labute approximate surface area is 87.5 Å². The van der Waals surface area contributed by atoms with Crippen LogP contribution in [-0.4, -0.2) is 6.54 Å². The third-order valence-corrected chi connectivity index (χ3v) is 2.48. The van der Waals surface area contributed by atoms with E-state index in [4.69, 9.17) is 0 Å². The number of hydrogen-bond donors (Lipinski definition) is 1. The van der Waals surface area contributed by atoms with Crippen LogP contribution < -0.4 is 5.32 Å². The number of nitrogens with two attached hydrogens (primary N) is 1. The summed E-state index contributed by atoms with van der Waals surface area (Å²) in [5.74, 6) is 0. The lowest BCUT2D eigenvalue weighted by atomic mass is 10.2. The van der Waals surface area contributed by atoms with E-state index in [9.17, 15) is 0 Å². The minimum absolute atomic E-state index is 1.13. The fourth-order valence-corrected chi connectivity index (χ4v) is 1.60. The van der Waals surface area contributed by atoms with Crippen molar-refractivity contribution in [2.75, 3.05) is 6.54 Å². The molecule has 0 atom stereocenters. The Kier molecular flexibility index (Phi) is 6.09. The van der Waals surface area contributed by atoms with Crippen molar-refractivity contribution in [2.45, 2.75) is 39.2 Å². The summed E-state index contributed by atoms with van der Waals surface area (Å²) >= 11 is 0. The molecular formula is C13H22N+. The van der Waals surface area contributed by atoms with Gasteiger partial charge in [-0.05, 0) is 12.8 Å². The molecule has 0 amide bonds. The first kappa shape index (κ1) is 11.3. The van der Waals surface area contributed by atoms with E-state index in [0.29, 0.717) is 0 Å². The van der Waals surface area contributed by atoms with Gasteiger partial charge in [-0.3, -0.25) is 0 Å². The van der Waals surface area contributed by atoms with E-state index in [1.165, 1.54) is 37.8 Å². The maximum absolute atomic E-state index is 2.41. The molecule has 1 aromatic carbocycles. The second-order valence-corrected chi connectivity index (χ2v) is 3.83. The first-order valence-electron chi connectivity index (χ1n) is 5.79. The average molecular weight is 192 g/mol. The Bertz CT molecular complexity index is 218. The van der Waals surface area contributed by atoms with Gasteiger partial charge >= 0.3 is 0 Å². The number of rotatable bonds is 7. The topological polar surface area (TPSA) is 16.6 Å². The first-order valence-corrected chi connectivity index (χ1v) is 5.79. The van der Waals surface area contributed by atoms with Crippen molar-refractivity contribution in [3.63, 3.8) is 0 Å². The summed E-state index contributed by atoms with van der Waals surface area (Å²) in [6.07, 6.45) is 5.47. The molecule has 1 nitrogen and oxygen atoms in total. The largest absolute Gasteiger partial charge is 0.343 e. The van der Waals surface area contributed by atoms with Gasteiger partial charge in [0.15, 0.2) is 0 Å². The highest BCUT2D eigenvalue weighted by Crippen LogP contribution is 1.96. The van der Waals surface area contributed by atoms with Gasteiger partial charge in [-0.1, -0.05) is 50.1 Å². The molecule has 0 spiro atoms. The molecule has 0 aromatic heterocycles. The Balaban J connectivity index is 1.99. The highest BCUT2D eigenvalue weighted by atomic mass is 14.8. The van der Waals surface area contributed by atoms with Gasteiger partial charge in [0, 0.05) is 5.56 Å². The van der Waals surface area contributed by atoms with Crippen molar-refractivity contribution >= 4 is 0 Å². The van der Waals surface area contributed by atoms with Crippen LogP contribution in [0.3, 0.4) is 0 Å². The molecule has 14 heavy (non-hydrogen) atoms. The Morgan fingerprint density at radius 1 is 1.00 bits per heavy atom. The quantitative estimate of drug-likeness (QED) is 0.639. The summed E-state index contributed by atoms with van der Waals surface area (Å²) in [6.45, 7) is 4.66. The SMILES string of the molecule is CCCCCC[NH2+]Cc1ccccc1. The predicted octanol–water partition coefficient (Wildman–Crippen LogP) is 2.33. The van der Waals surface area contributed by atoms with Gasteiger partial charge in [0.25, 0.3) is 0 Å². The molecular weight excluding hydrogens is 170 g/mol. The number of unbranched alkanes of at least 4 members (excludes halogenated alkanes) is 3. The maximum Gasteiger partial charge on any atom is 0.101 e. The number of quaternary nitrogens is 1. The van der Waals surface area contributed by atoms with Crippen LogP contribution in [0.15, 0.2) is 30.3 Å². The van der Waals surface area contributed by atoms with Crippen LogP contribution in [0.4, 0.5) is 0 Å². The third kappa shape index (κ3) is 5.03. The van der Waals surface area contributed by atoms with E-state index in [0.717, 1.165) is 6.54 Å². The van der Waals surface area contributed by atoms with Gasteiger partial charge in [0.1, 0.15) is 6.54 Å². The third-order valence-electron chi connectivity index (χ3n) is 2.48. The predicted molar refractivity (Wildman–Crippen MR) is 61.1 cm³/mol. The summed E-state index contributed by atoms with van der Waals surface area (Å²) < 4.78 is 0. The molecule has 0 aliphatic heterocycles. The van der Waals surface area contributed by atoms with Crippen LogP contribution in [0.2, 0.25) is 0 Å². The fourth-order valence-electron chi connectivity index (χ4n) is 1.60. The molecule has 0 aliphatic rings. The van der Waals surface area contributed by atoms with Gasteiger partial charge in [0.2, 0.25) is 0 Å². The van der Waals surface area contributed by atoms with Crippen LogP contribution in [0.5, 0.6) is 0 Å². The number of benzene rings is 1. The van der Waals surface area contributed by atoms with Crippen molar-refractivity contribution in [1.82, 2.24) is 0 Å². The van der Waals surface area contributed by atoms with Crippen molar-refractivity contribution in [3.8, 4) is 0 Å². The zero-order valence-corrected chi connectivity index (χ0v) is 9.21. The molecule has 1 heteroatoms. The number of hydrogen-bond acceptors (Lipinski definition) is 0. The lowest BCUT2D eigenvalue weighted by Gasteiger charge is -2.01. The zero-order valence-electron chi connectivity index (χ0n) is 9.21. The smallest absolute Gasteiger partial charge is 0.101 e. The fraction of sp³-hybridized carbons (Fsp3) is 0.538. The lowest BCUT2D eigenvalue weighted by molar-refractivity contribution is -0.671. The summed E-state index contributed by atoms with van der Waals surface area (Å²) in [6, 6.07) is 10.7. The molecule has 1 rings (SSSR count). The molecule has 0 heterocycles. The molecule has 0 saturated carbocycles. The minimum Gasteiger partial charge on any atom is -0.343 e. The standard InChI is InChI=1S/C13H21N/c1-2-3-4-8-11-14-12-13-9-6-5-7-10-13/h5-7,9-10,14H,2-4,8,11-12H2,1H3/p+1. The molecule has 0 fully saturated rings. The van der Waals surface area contributed by atoms with Gasteiger partial charge in [-0.2, -0.15) is 0 Å². The van der Waals surface area contributed by atoms with E-state index in [1.807, 2.05) is 0 Å². The average Bonchev–Trinajstić information content (AvgIpc) is 2.25. The zero-order chi connectivity index (χ0) is 10.1. The molecule has 0 unspecified atom stereocenters. The van der Waals surface area contributed by atoms with Gasteiger partial charge in [0.05, 0.1) is 6.54 Å². The summed E-state index contributed by atoms with van der Waals surface area (Å²) in [4.78, 5) is 0. The van der Waals surface area contributed by atoms with Crippen LogP contribution in [0.1, 0.15) is 38.2 Å². The van der Waals surface area contributed by atoms with Crippen molar-refractivity contribution in [3.05, 3.63) is 35.9 Å². The van der Waals surface area contributed by atoms with E-state index in [1.54, 1.807) is 0 Å². The Morgan fingerprint density at radius 3 is 2.50 bits per heavy atom. The summed E-state index contributed by atoms with van der Waals surface area (Å²) in [7, 11) is 0. The molecule has 0 radical (unpaired) electrons. The maximum atomic E-state index is 2.41. The molecule has 0 saturated heterocycles. The molecule has 1 aromatic rings. The second kappa shape index (κ2) is 7.57. The van der Waals surface area contributed by atoms with E-state index in [-0.39, 0.29) is 0 Å². The second-order valence-electron chi connectivity index (χ2n) is 3.83. The highest BCUT2D eigenvalue weighted by Gasteiger charge is 1.93. The first-order chi connectivity index (χ1) is 6.93. The van der Waals surface area contributed by atoms with E-state index >= 15 is 0 Å². The van der Waals surface area contributed by atoms with Gasteiger partial charge in [-0.15, -0.1) is 0 Å².